The van der Waals surface area contributed by atoms with Crippen LogP contribution in [0.1, 0.15) is 56.6 Å². The largest absolute Gasteiger partial charge is 0.495 e. The highest BCUT2D eigenvalue weighted by molar-refractivity contribution is 9.10. The molecule has 0 aliphatic heterocycles. The molecule has 0 heterocycles. The van der Waals surface area contributed by atoms with Gasteiger partial charge in [0.05, 0.1) is 17.0 Å². The predicted molar refractivity (Wildman–Crippen MR) is 82.6 cm³/mol. The van der Waals surface area contributed by atoms with Gasteiger partial charge in [-0.05, 0) is 46.3 Å². The van der Waals surface area contributed by atoms with Crippen molar-refractivity contribution in [3.05, 3.63) is 27.7 Å². The minimum atomic E-state index is -0.793. The lowest BCUT2D eigenvalue weighted by Crippen LogP contribution is -2.33. The van der Waals surface area contributed by atoms with E-state index in [1.54, 1.807) is 7.11 Å². The van der Waals surface area contributed by atoms with E-state index in [2.05, 4.69) is 29.8 Å². The Hall–Kier alpha value is -1.03. The number of aliphatic carboxylic acids is 1. The summed E-state index contributed by atoms with van der Waals surface area (Å²) in [6.45, 7) is 4.22. The van der Waals surface area contributed by atoms with E-state index in [1.165, 1.54) is 0 Å². The molecule has 1 aromatic rings. The maximum Gasteiger partial charge on any atom is 0.314 e. The van der Waals surface area contributed by atoms with E-state index in [0.717, 1.165) is 28.4 Å². The second-order valence-corrected chi connectivity index (χ2v) is 6.69. The van der Waals surface area contributed by atoms with Crippen molar-refractivity contribution in [2.75, 3.05) is 7.11 Å². The van der Waals surface area contributed by atoms with Crippen molar-refractivity contribution in [1.29, 1.82) is 0 Å². The molecule has 2 rings (SSSR count). The number of ether oxygens (including phenoxy) is 1. The van der Waals surface area contributed by atoms with Gasteiger partial charge in [0.1, 0.15) is 5.75 Å². The Morgan fingerprint density at radius 3 is 2.40 bits per heavy atom. The van der Waals surface area contributed by atoms with Gasteiger partial charge in [-0.25, -0.2) is 0 Å². The number of rotatable bonds is 4. The Kier molecular flexibility index (Phi) is 4.43. The minimum absolute atomic E-state index is 0.350. The number of halogens is 1. The fraction of sp³-hybridized carbons (Fsp3) is 0.562. The van der Waals surface area contributed by atoms with Crippen molar-refractivity contribution in [3.8, 4) is 5.75 Å². The molecule has 0 bridgehead atoms. The quantitative estimate of drug-likeness (QED) is 0.878. The van der Waals surface area contributed by atoms with Gasteiger partial charge in [0.25, 0.3) is 0 Å². The highest BCUT2D eigenvalue weighted by atomic mass is 79.9. The van der Waals surface area contributed by atoms with Crippen LogP contribution in [-0.2, 0) is 10.2 Å². The van der Waals surface area contributed by atoms with Crippen LogP contribution in [0.25, 0.3) is 0 Å². The maximum absolute atomic E-state index is 11.9. The van der Waals surface area contributed by atoms with Gasteiger partial charge in [-0.2, -0.15) is 0 Å². The predicted octanol–water partition coefficient (Wildman–Crippen LogP) is 4.48. The third-order valence-corrected chi connectivity index (χ3v) is 4.91. The summed E-state index contributed by atoms with van der Waals surface area (Å²) in [4.78, 5) is 11.9. The van der Waals surface area contributed by atoms with E-state index < -0.39 is 11.4 Å². The monoisotopic (exact) mass is 340 g/mol. The summed E-state index contributed by atoms with van der Waals surface area (Å²) in [6, 6.07) is 4.05. The highest BCUT2D eigenvalue weighted by Gasteiger charge is 2.45. The molecule has 0 unspecified atom stereocenters. The first-order chi connectivity index (χ1) is 9.42. The van der Waals surface area contributed by atoms with E-state index in [0.29, 0.717) is 24.5 Å². The molecule has 110 valence electrons. The van der Waals surface area contributed by atoms with Crippen molar-refractivity contribution in [3.63, 3.8) is 0 Å². The summed E-state index contributed by atoms with van der Waals surface area (Å²) in [5.74, 6) is 0.281. The Morgan fingerprint density at radius 2 is 1.95 bits per heavy atom. The highest BCUT2D eigenvalue weighted by Crippen LogP contribution is 2.48. The second-order valence-electron chi connectivity index (χ2n) is 5.83. The molecule has 0 spiro atoms. The standard InChI is InChI=1S/C16H21BrO3/c1-10(2)11-8-12(14(20-3)13(17)9-11)16(15(18)19)6-4-5-7-16/h8-10H,4-7H2,1-3H3,(H,18,19). The maximum atomic E-state index is 11.9. The zero-order valence-corrected chi connectivity index (χ0v) is 13.8. The van der Waals surface area contributed by atoms with Crippen molar-refractivity contribution < 1.29 is 14.6 Å². The smallest absolute Gasteiger partial charge is 0.314 e. The molecule has 1 N–H and O–H groups in total. The number of carboxylic acids is 1. The first-order valence-electron chi connectivity index (χ1n) is 7.03. The zero-order chi connectivity index (χ0) is 14.9. The number of carboxylic acid groups (broad SMARTS) is 1. The molecular formula is C16H21BrO3. The van der Waals surface area contributed by atoms with Crippen LogP contribution in [0.3, 0.4) is 0 Å². The average Bonchev–Trinajstić information content (AvgIpc) is 2.88. The van der Waals surface area contributed by atoms with E-state index >= 15 is 0 Å². The number of carbonyl (C=O) groups is 1. The minimum Gasteiger partial charge on any atom is -0.495 e. The van der Waals surface area contributed by atoms with E-state index in [4.69, 9.17) is 4.74 Å². The van der Waals surface area contributed by atoms with E-state index in [-0.39, 0.29) is 0 Å². The molecule has 0 aromatic heterocycles. The number of hydrogen-bond donors (Lipinski definition) is 1. The summed E-state index contributed by atoms with van der Waals surface area (Å²) >= 11 is 3.53. The first kappa shape index (κ1) is 15.4. The molecule has 0 radical (unpaired) electrons. The van der Waals surface area contributed by atoms with E-state index in [1.807, 2.05) is 12.1 Å². The third-order valence-electron chi connectivity index (χ3n) is 4.32. The van der Waals surface area contributed by atoms with Crippen molar-refractivity contribution in [1.82, 2.24) is 0 Å². The molecule has 4 heteroatoms. The fourth-order valence-electron chi connectivity index (χ4n) is 3.09. The normalized spacial score (nSPS) is 17.4. The van der Waals surface area contributed by atoms with Crippen molar-refractivity contribution in [2.45, 2.75) is 50.9 Å². The first-order valence-corrected chi connectivity index (χ1v) is 7.83. The van der Waals surface area contributed by atoms with Gasteiger partial charge in [0, 0.05) is 5.56 Å². The Labute approximate surface area is 128 Å². The Morgan fingerprint density at radius 1 is 1.35 bits per heavy atom. The molecule has 1 saturated carbocycles. The van der Waals surface area contributed by atoms with Gasteiger partial charge < -0.3 is 9.84 Å². The van der Waals surface area contributed by atoms with Crippen LogP contribution < -0.4 is 4.74 Å². The summed E-state index contributed by atoms with van der Waals surface area (Å²) in [5, 5.41) is 9.79. The summed E-state index contributed by atoms with van der Waals surface area (Å²) in [7, 11) is 1.60. The van der Waals surface area contributed by atoms with Crippen LogP contribution in [0, 0.1) is 0 Å². The lowest BCUT2D eigenvalue weighted by molar-refractivity contribution is -0.143. The zero-order valence-electron chi connectivity index (χ0n) is 12.2. The second kappa shape index (κ2) is 5.76. The molecule has 1 aromatic carbocycles. The average molecular weight is 341 g/mol. The third kappa shape index (κ3) is 2.46. The Balaban J connectivity index is 2.67. The summed E-state index contributed by atoms with van der Waals surface area (Å²) in [5.41, 5.74) is 1.17. The van der Waals surface area contributed by atoms with Gasteiger partial charge in [0.2, 0.25) is 0 Å². The van der Waals surface area contributed by atoms with Gasteiger partial charge in [-0.15, -0.1) is 0 Å². The SMILES string of the molecule is COc1c(Br)cc(C(C)C)cc1C1(C(=O)O)CCCC1. The van der Waals surface area contributed by atoms with Crippen LogP contribution in [0.2, 0.25) is 0 Å². The van der Waals surface area contributed by atoms with Crippen molar-refractivity contribution in [2.24, 2.45) is 0 Å². The van der Waals surface area contributed by atoms with Crippen LogP contribution in [0.4, 0.5) is 0 Å². The van der Waals surface area contributed by atoms with Crippen LogP contribution in [-0.4, -0.2) is 18.2 Å². The fourth-order valence-corrected chi connectivity index (χ4v) is 3.73. The molecule has 0 saturated heterocycles. The van der Waals surface area contributed by atoms with Crippen LogP contribution in [0.15, 0.2) is 16.6 Å². The van der Waals surface area contributed by atoms with E-state index in [9.17, 15) is 9.90 Å². The molecule has 1 fully saturated rings. The molecule has 0 atom stereocenters. The van der Waals surface area contributed by atoms with Gasteiger partial charge in [-0.1, -0.05) is 32.8 Å². The van der Waals surface area contributed by atoms with Crippen molar-refractivity contribution >= 4 is 21.9 Å². The van der Waals surface area contributed by atoms with Gasteiger partial charge >= 0.3 is 5.97 Å². The molecule has 20 heavy (non-hydrogen) atoms. The van der Waals surface area contributed by atoms with Crippen LogP contribution in [0.5, 0.6) is 5.75 Å². The summed E-state index contributed by atoms with van der Waals surface area (Å²) in [6.07, 6.45) is 3.29. The van der Waals surface area contributed by atoms with Gasteiger partial charge in [-0.3, -0.25) is 4.79 Å². The topological polar surface area (TPSA) is 46.5 Å². The molecule has 1 aliphatic rings. The molecule has 1 aliphatic carbocycles. The molecule has 3 nitrogen and oxygen atoms in total. The lowest BCUT2D eigenvalue weighted by atomic mass is 9.77. The number of benzene rings is 1. The number of methoxy groups -OCH3 is 1. The molecular weight excluding hydrogens is 320 g/mol. The summed E-state index contributed by atoms with van der Waals surface area (Å²) < 4.78 is 6.33. The van der Waals surface area contributed by atoms with Crippen LogP contribution >= 0.6 is 15.9 Å². The lowest BCUT2D eigenvalue weighted by Gasteiger charge is -2.28. The molecule has 0 amide bonds. The number of hydrogen-bond acceptors (Lipinski definition) is 2. The van der Waals surface area contributed by atoms with Gasteiger partial charge in [0.15, 0.2) is 0 Å². The Bertz CT molecular complexity index is 517.